The Kier molecular flexibility index (Phi) is 5.01. The summed E-state index contributed by atoms with van der Waals surface area (Å²) in [7, 11) is 0. The van der Waals surface area contributed by atoms with Crippen molar-refractivity contribution in [3.63, 3.8) is 0 Å². The lowest BCUT2D eigenvalue weighted by Crippen LogP contribution is -2.15. The van der Waals surface area contributed by atoms with Crippen molar-refractivity contribution in [1.82, 2.24) is 0 Å². The molecule has 0 atom stereocenters. The first-order valence-electron chi connectivity index (χ1n) is 6.17. The molecular formula is C15H15BrN2O2. The highest BCUT2D eigenvalue weighted by atomic mass is 79.9. The van der Waals surface area contributed by atoms with Crippen LogP contribution in [0.3, 0.4) is 0 Å². The number of halogens is 1. The topological polar surface area (TPSA) is 64.3 Å². The molecule has 2 aromatic carbocycles. The van der Waals surface area contributed by atoms with Gasteiger partial charge in [0.2, 0.25) is 5.91 Å². The molecule has 0 saturated heterocycles. The molecule has 0 unspecified atom stereocenters. The maximum absolute atomic E-state index is 11.7. The summed E-state index contributed by atoms with van der Waals surface area (Å²) in [5.41, 5.74) is 7.02. The van der Waals surface area contributed by atoms with E-state index in [1.165, 1.54) is 0 Å². The minimum absolute atomic E-state index is 0.0847. The second kappa shape index (κ2) is 6.96. The molecule has 0 aliphatic heterocycles. The van der Waals surface area contributed by atoms with Crippen LogP contribution in [0.5, 0.6) is 5.75 Å². The fourth-order valence-corrected chi connectivity index (χ4v) is 2.01. The van der Waals surface area contributed by atoms with Crippen LogP contribution in [-0.2, 0) is 4.79 Å². The van der Waals surface area contributed by atoms with Gasteiger partial charge in [-0.15, -0.1) is 0 Å². The third-order valence-electron chi connectivity index (χ3n) is 2.59. The van der Waals surface area contributed by atoms with Crippen LogP contribution in [0.15, 0.2) is 53.0 Å². The van der Waals surface area contributed by atoms with Gasteiger partial charge in [-0.3, -0.25) is 4.79 Å². The van der Waals surface area contributed by atoms with Gasteiger partial charge in [0, 0.05) is 15.8 Å². The summed E-state index contributed by atoms with van der Waals surface area (Å²) in [6, 6.07) is 14.5. The summed E-state index contributed by atoms with van der Waals surface area (Å²) in [6.45, 7) is 0.323. The number of ether oxygens (including phenoxy) is 1. The van der Waals surface area contributed by atoms with Crippen molar-refractivity contribution >= 4 is 33.2 Å². The maximum Gasteiger partial charge on any atom is 0.227 e. The quantitative estimate of drug-likeness (QED) is 0.823. The third kappa shape index (κ3) is 4.59. The van der Waals surface area contributed by atoms with Gasteiger partial charge in [0.05, 0.1) is 13.0 Å². The Balaban J connectivity index is 1.76. The van der Waals surface area contributed by atoms with E-state index in [1.807, 2.05) is 24.3 Å². The molecule has 0 heterocycles. The molecular weight excluding hydrogens is 320 g/mol. The van der Waals surface area contributed by atoms with Crippen molar-refractivity contribution in [2.24, 2.45) is 0 Å². The first kappa shape index (κ1) is 14.4. The van der Waals surface area contributed by atoms with E-state index in [-0.39, 0.29) is 12.3 Å². The van der Waals surface area contributed by atoms with Crippen LogP contribution in [0.4, 0.5) is 11.4 Å². The Hall–Kier alpha value is -2.01. The van der Waals surface area contributed by atoms with Crippen molar-refractivity contribution in [1.29, 1.82) is 0 Å². The second-order valence-corrected chi connectivity index (χ2v) is 5.14. The van der Waals surface area contributed by atoms with Gasteiger partial charge in [-0.2, -0.15) is 0 Å². The number of nitrogen functional groups attached to an aromatic ring is 1. The van der Waals surface area contributed by atoms with Gasteiger partial charge >= 0.3 is 0 Å². The van der Waals surface area contributed by atoms with Gasteiger partial charge in [-0.25, -0.2) is 0 Å². The van der Waals surface area contributed by atoms with Crippen LogP contribution in [0.2, 0.25) is 0 Å². The van der Waals surface area contributed by atoms with E-state index in [9.17, 15) is 4.79 Å². The van der Waals surface area contributed by atoms with Gasteiger partial charge in [-0.05, 0) is 42.5 Å². The molecule has 2 rings (SSSR count). The molecule has 3 N–H and O–H groups in total. The highest BCUT2D eigenvalue weighted by Gasteiger charge is 2.03. The number of carbonyl (C=O) groups is 1. The highest BCUT2D eigenvalue weighted by Crippen LogP contribution is 2.16. The standard InChI is InChI=1S/C15H15BrN2O2/c16-11-2-1-3-13(10-11)18-15(19)8-9-20-14-6-4-12(17)5-7-14/h1-7,10H,8-9,17H2,(H,18,19). The number of nitrogens with one attached hydrogen (secondary N) is 1. The predicted molar refractivity (Wildman–Crippen MR) is 83.7 cm³/mol. The monoisotopic (exact) mass is 334 g/mol. The molecule has 1 amide bonds. The van der Waals surface area contributed by atoms with Gasteiger partial charge in [0.25, 0.3) is 0 Å². The van der Waals surface area contributed by atoms with Crippen LogP contribution < -0.4 is 15.8 Å². The van der Waals surface area contributed by atoms with Crippen molar-refractivity contribution in [2.75, 3.05) is 17.7 Å². The van der Waals surface area contributed by atoms with Gasteiger partial charge < -0.3 is 15.8 Å². The molecule has 0 radical (unpaired) electrons. The molecule has 0 spiro atoms. The minimum atomic E-state index is -0.0847. The normalized spacial score (nSPS) is 10.1. The lowest BCUT2D eigenvalue weighted by atomic mass is 10.3. The predicted octanol–water partition coefficient (Wildman–Crippen LogP) is 3.44. The van der Waals surface area contributed by atoms with E-state index >= 15 is 0 Å². The minimum Gasteiger partial charge on any atom is -0.493 e. The van der Waals surface area contributed by atoms with Crippen LogP contribution in [-0.4, -0.2) is 12.5 Å². The summed E-state index contributed by atoms with van der Waals surface area (Å²) in [5.74, 6) is 0.619. The number of hydrogen-bond acceptors (Lipinski definition) is 3. The lowest BCUT2D eigenvalue weighted by Gasteiger charge is -2.07. The Morgan fingerprint density at radius 1 is 1.20 bits per heavy atom. The van der Waals surface area contributed by atoms with Crippen LogP contribution in [0.1, 0.15) is 6.42 Å². The molecule has 2 aromatic rings. The summed E-state index contributed by atoms with van der Waals surface area (Å²) >= 11 is 3.35. The number of nitrogens with two attached hydrogens (primary N) is 1. The van der Waals surface area contributed by atoms with Gasteiger partial charge in [0.1, 0.15) is 5.75 Å². The molecule has 0 aliphatic rings. The Morgan fingerprint density at radius 2 is 1.95 bits per heavy atom. The molecule has 4 nitrogen and oxygen atoms in total. The number of rotatable bonds is 5. The SMILES string of the molecule is Nc1ccc(OCCC(=O)Nc2cccc(Br)c2)cc1. The van der Waals surface area contributed by atoms with Crippen LogP contribution in [0.25, 0.3) is 0 Å². The molecule has 0 saturated carbocycles. The Labute approximate surface area is 126 Å². The van der Waals surface area contributed by atoms with E-state index in [4.69, 9.17) is 10.5 Å². The average Bonchev–Trinajstić information content (AvgIpc) is 2.41. The van der Waals surface area contributed by atoms with E-state index < -0.39 is 0 Å². The molecule has 0 fully saturated rings. The Morgan fingerprint density at radius 3 is 2.65 bits per heavy atom. The van der Waals surface area contributed by atoms with Crippen LogP contribution in [0, 0.1) is 0 Å². The van der Waals surface area contributed by atoms with E-state index in [0.717, 1.165) is 10.2 Å². The van der Waals surface area contributed by atoms with Crippen molar-refractivity contribution in [2.45, 2.75) is 6.42 Å². The summed E-state index contributed by atoms with van der Waals surface area (Å²) in [5, 5.41) is 2.81. The zero-order chi connectivity index (χ0) is 14.4. The zero-order valence-corrected chi connectivity index (χ0v) is 12.4. The van der Waals surface area contributed by atoms with Crippen molar-refractivity contribution in [3.8, 4) is 5.75 Å². The molecule has 104 valence electrons. The fraction of sp³-hybridized carbons (Fsp3) is 0.133. The number of amides is 1. The smallest absolute Gasteiger partial charge is 0.227 e. The maximum atomic E-state index is 11.7. The van der Waals surface area contributed by atoms with Gasteiger partial charge in [0.15, 0.2) is 0 Å². The molecule has 0 aromatic heterocycles. The number of anilines is 2. The van der Waals surface area contributed by atoms with Crippen molar-refractivity contribution in [3.05, 3.63) is 53.0 Å². The second-order valence-electron chi connectivity index (χ2n) is 4.23. The number of benzene rings is 2. The molecule has 0 bridgehead atoms. The fourth-order valence-electron chi connectivity index (χ4n) is 1.62. The average molecular weight is 335 g/mol. The van der Waals surface area contributed by atoms with Crippen molar-refractivity contribution < 1.29 is 9.53 Å². The van der Waals surface area contributed by atoms with Gasteiger partial charge in [-0.1, -0.05) is 22.0 Å². The molecule has 0 aliphatic carbocycles. The van der Waals surface area contributed by atoms with Crippen LogP contribution >= 0.6 is 15.9 Å². The highest BCUT2D eigenvalue weighted by molar-refractivity contribution is 9.10. The first-order chi connectivity index (χ1) is 9.63. The molecule has 5 heteroatoms. The third-order valence-corrected chi connectivity index (χ3v) is 3.08. The number of carbonyl (C=O) groups excluding carboxylic acids is 1. The lowest BCUT2D eigenvalue weighted by molar-refractivity contribution is -0.116. The summed E-state index contributed by atoms with van der Waals surface area (Å²) < 4.78 is 6.39. The van der Waals surface area contributed by atoms with E-state index in [2.05, 4.69) is 21.2 Å². The van der Waals surface area contributed by atoms with E-state index in [0.29, 0.717) is 18.0 Å². The zero-order valence-electron chi connectivity index (χ0n) is 10.8. The van der Waals surface area contributed by atoms with E-state index in [1.54, 1.807) is 24.3 Å². The molecule has 20 heavy (non-hydrogen) atoms. The summed E-state index contributed by atoms with van der Waals surface area (Å²) in [6.07, 6.45) is 0.289. The summed E-state index contributed by atoms with van der Waals surface area (Å²) in [4.78, 5) is 11.7. The Bertz CT molecular complexity index is 585. The largest absolute Gasteiger partial charge is 0.493 e. The number of hydrogen-bond donors (Lipinski definition) is 2. The first-order valence-corrected chi connectivity index (χ1v) is 6.96.